The Hall–Kier alpha value is -1.84. The maximum absolute atomic E-state index is 12.3. The van der Waals surface area contributed by atoms with Crippen LogP contribution in [0.3, 0.4) is 0 Å². The third-order valence-electron chi connectivity index (χ3n) is 3.90. The minimum absolute atomic E-state index is 0. The minimum atomic E-state index is -0.640. The number of halogens is 1. The van der Waals surface area contributed by atoms with Gasteiger partial charge in [0.05, 0.1) is 6.04 Å². The summed E-state index contributed by atoms with van der Waals surface area (Å²) >= 11 is 0. The van der Waals surface area contributed by atoms with E-state index in [1.807, 2.05) is 37.3 Å². The normalized spacial score (nSPS) is 13.1. The highest BCUT2D eigenvalue weighted by Gasteiger charge is 2.18. The van der Waals surface area contributed by atoms with Crippen LogP contribution in [0.1, 0.15) is 55.5 Å². The third kappa shape index (κ3) is 5.08. The number of carbonyl (C=O) groups excluding carboxylic acids is 1. The molecule has 3 N–H and O–H groups in total. The molecule has 0 spiro atoms. The quantitative estimate of drug-likeness (QED) is 0.865. The van der Waals surface area contributed by atoms with Crippen LogP contribution in [0.15, 0.2) is 54.6 Å². The predicted molar refractivity (Wildman–Crippen MR) is 97.7 cm³/mol. The molecule has 4 heteroatoms. The van der Waals surface area contributed by atoms with Crippen molar-refractivity contribution in [3.05, 3.63) is 71.3 Å². The number of amides is 1. The first-order valence-electron chi connectivity index (χ1n) is 7.69. The van der Waals surface area contributed by atoms with Crippen molar-refractivity contribution < 1.29 is 4.79 Å². The first-order chi connectivity index (χ1) is 10.5. The molecule has 0 heterocycles. The van der Waals surface area contributed by atoms with Crippen LogP contribution in [0.2, 0.25) is 0 Å². The molecule has 0 radical (unpaired) electrons. The molecule has 23 heavy (non-hydrogen) atoms. The average Bonchev–Trinajstić information content (AvgIpc) is 2.54. The summed E-state index contributed by atoms with van der Waals surface area (Å²) in [5.74, 6) is 0.345. The fourth-order valence-corrected chi connectivity index (χ4v) is 2.37. The molecule has 0 aromatic heterocycles. The van der Waals surface area contributed by atoms with E-state index < -0.39 is 6.04 Å². The summed E-state index contributed by atoms with van der Waals surface area (Å²) in [6.45, 7) is 6.30. The SMILES string of the molecule is CC(C)c1ccc(C(C)NC(=O)C(N)c2ccccc2)cc1.Cl. The van der Waals surface area contributed by atoms with Crippen LogP contribution in [0.4, 0.5) is 0 Å². The lowest BCUT2D eigenvalue weighted by Crippen LogP contribution is -2.35. The van der Waals surface area contributed by atoms with E-state index >= 15 is 0 Å². The zero-order chi connectivity index (χ0) is 16.1. The molecule has 0 fully saturated rings. The van der Waals surface area contributed by atoms with Gasteiger partial charge < -0.3 is 11.1 Å². The van der Waals surface area contributed by atoms with Crippen molar-refractivity contribution in [3.8, 4) is 0 Å². The monoisotopic (exact) mass is 332 g/mol. The highest BCUT2D eigenvalue weighted by atomic mass is 35.5. The molecule has 0 saturated carbocycles. The zero-order valence-corrected chi connectivity index (χ0v) is 14.6. The van der Waals surface area contributed by atoms with Gasteiger partial charge >= 0.3 is 0 Å². The van der Waals surface area contributed by atoms with Crippen molar-refractivity contribution >= 4 is 18.3 Å². The Kier molecular flexibility index (Phi) is 7.27. The largest absolute Gasteiger partial charge is 0.348 e. The van der Waals surface area contributed by atoms with Gasteiger partial charge in [0.1, 0.15) is 6.04 Å². The molecule has 2 atom stereocenters. The van der Waals surface area contributed by atoms with Crippen LogP contribution in [-0.2, 0) is 4.79 Å². The highest BCUT2D eigenvalue weighted by molar-refractivity contribution is 5.85. The standard InChI is InChI=1S/C19H24N2O.ClH/c1-13(2)15-9-11-16(12-10-15)14(3)21-19(22)18(20)17-7-5-4-6-8-17;/h4-14,18H,20H2,1-3H3,(H,21,22);1H. The van der Waals surface area contributed by atoms with Crippen molar-refractivity contribution in [2.75, 3.05) is 0 Å². The summed E-state index contributed by atoms with van der Waals surface area (Å²) in [6.07, 6.45) is 0. The first-order valence-corrected chi connectivity index (χ1v) is 7.69. The molecular formula is C19H25ClN2O. The summed E-state index contributed by atoms with van der Waals surface area (Å²) in [7, 11) is 0. The molecule has 3 nitrogen and oxygen atoms in total. The molecule has 124 valence electrons. The van der Waals surface area contributed by atoms with Gasteiger partial charge in [-0.2, -0.15) is 0 Å². The second-order valence-electron chi connectivity index (χ2n) is 5.94. The molecule has 0 aliphatic rings. The topological polar surface area (TPSA) is 55.1 Å². The van der Waals surface area contributed by atoms with Gasteiger partial charge in [-0.1, -0.05) is 68.4 Å². The lowest BCUT2D eigenvalue weighted by atomic mass is 9.99. The van der Waals surface area contributed by atoms with E-state index in [2.05, 4.69) is 43.4 Å². The number of hydrogen-bond donors (Lipinski definition) is 2. The van der Waals surface area contributed by atoms with Gasteiger partial charge in [-0.05, 0) is 29.5 Å². The third-order valence-corrected chi connectivity index (χ3v) is 3.90. The van der Waals surface area contributed by atoms with E-state index in [0.29, 0.717) is 5.92 Å². The molecule has 2 aromatic rings. The number of carbonyl (C=O) groups is 1. The Morgan fingerprint density at radius 1 is 0.870 bits per heavy atom. The number of rotatable bonds is 5. The van der Waals surface area contributed by atoms with Crippen molar-refractivity contribution in [2.45, 2.75) is 38.8 Å². The lowest BCUT2D eigenvalue weighted by molar-refractivity contribution is -0.123. The van der Waals surface area contributed by atoms with Gasteiger partial charge in [-0.15, -0.1) is 12.4 Å². The van der Waals surface area contributed by atoms with Crippen molar-refractivity contribution in [1.82, 2.24) is 5.32 Å². The lowest BCUT2D eigenvalue weighted by Gasteiger charge is -2.18. The highest BCUT2D eigenvalue weighted by Crippen LogP contribution is 2.19. The van der Waals surface area contributed by atoms with Crippen LogP contribution < -0.4 is 11.1 Å². The Morgan fingerprint density at radius 3 is 1.91 bits per heavy atom. The van der Waals surface area contributed by atoms with Gasteiger partial charge in [0, 0.05) is 0 Å². The Bertz CT molecular complexity index is 611. The number of nitrogens with one attached hydrogen (secondary N) is 1. The minimum Gasteiger partial charge on any atom is -0.348 e. The molecular weight excluding hydrogens is 308 g/mol. The van der Waals surface area contributed by atoms with Gasteiger partial charge in [-0.25, -0.2) is 0 Å². The molecule has 0 aliphatic carbocycles. The van der Waals surface area contributed by atoms with E-state index in [1.165, 1.54) is 5.56 Å². The fourth-order valence-electron chi connectivity index (χ4n) is 2.37. The molecule has 2 rings (SSSR count). The van der Waals surface area contributed by atoms with E-state index in [9.17, 15) is 4.79 Å². The zero-order valence-electron chi connectivity index (χ0n) is 13.8. The van der Waals surface area contributed by atoms with Crippen LogP contribution in [0.5, 0.6) is 0 Å². The van der Waals surface area contributed by atoms with Crippen LogP contribution in [0.25, 0.3) is 0 Å². The van der Waals surface area contributed by atoms with E-state index in [0.717, 1.165) is 11.1 Å². The number of hydrogen-bond acceptors (Lipinski definition) is 2. The van der Waals surface area contributed by atoms with Gasteiger partial charge in [0.2, 0.25) is 5.91 Å². The van der Waals surface area contributed by atoms with Crippen molar-refractivity contribution in [2.24, 2.45) is 5.73 Å². The van der Waals surface area contributed by atoms with Crippen LogP contribution >= 0.6 is 12.4 Å². The summed E-state index contributed by atoms with van der Waals surface area (Å²) in [4.78, 5) is 12.3. The maximum atomic E-state index is 12.3. The van der Waals surface area contributed by atoms with Crippen molar-refractivity contribution in [1.29, 1.82) is 0 Å². The summed E-state index contributed by atoms with van der Waals surface area (Å²) in [5.41, 5.74) is 9.21. The first kappa shape index (κ1) is 19.2. The van der Waals surface area contributed by atoms with Crippen molar-refractivity contribution in [3.63, 3.8) is 0 Å². The van der Waals surface area contributed by atoms with Gasteiger partial charge in [-0.3, -0.25) is 4.79 Å². The summed E-state index contributed by atoms with van der Waals surface area (Å²) < 4.78 is 0. The number of nitrogens with two attached hydrogens (primary N) is 1. The predicted octanol–water partition coefficient (Wildman–Crippen LogP) is 4.11. The van der Waals surface area contributed by atoms with Crippen LogP contribution in [0, 0.1) is 0 Å². The number of benzene rings is 2. The maximum Gasteiger partial charge on any atom is 0.241 e. The molecule has 0 saturated heterocycles. The van der Waals surface area contributed by atoms with Gasteiger partial charge in [0.15, 0.2) is 0 Å². The van der Waals surface area contributed by atoms with E-state index in [4.69, 9.17) is 5.73 Å². The van der Waals surface area contributed by atoms with E-state index in [-0.39, 0.29) is 24.4 Å². The second kappa shape index (κ2) is 8.70. The summed E-state index contributed by atoms with van der Waals surface area (Å²) in [6, 6.07) is 17.1. The smallest absolute Gasteiger partial charge is 0.241 e. The molecule has 2 aromatic carbocycles. The van der Waals surface area contributed by atoms with Crippen LogP contribution in [-0.4, -0.2) is 5.91 Å². The second-order valence-corrected chi connectivity index (χ2v) is 5.94. The summed E-state index contributed by atoms with van der Waals surface area (Å²) in [5, 5.41) is 2.98. The Labute approximate surface area is 144 Å². The molecule has 1 amide bonds. The molecule has 0 aliphatic heterocycles. The van der Waals surface area contributed by atoms with E-state index in [1.54, 1.807) is 0 Å². The average molecular weight is 333 g/mol. The fraction of sp³-hybridized carbons (Fsp3) is 0.316. The molecule has 0 bridgehead atoms. The van der Waals surface area contributed by atoms with Gasteiger partial charge in [0.25, 0.3) is 0 Å². The molecule has 2 unspecified atom stereocenters. The Morgan fingerprint density at radius 2 is 1.39 bits per heavy atom. The Balaban J connectivity index is 0.00000264.